The molecule has 0 bridgehead atoms. The zero-order chi connectivity index (χ0) is 25.2. The molecule has 0 aliphatic heterocycles. The topological polar surface area (TPSA) is 103 Å². The van der Waals surface area contributed by atoms with Crippen molar-refractivity contribution in [1.29, 1.82) is 0 Å². The van der Waals surface area contributed by atoms with Crippen molar-refractivity contribution in [3.8, 4) is 17.2 Å². The molecule has 3 aromatic carbocycles. The minimum absolute atomic E-state index is 0.0697. The number of methoxy groups -OCH3 is 1. The Morgan fingerprint density at radius 2 is 1.23 bits per heavy atom. The first-order valence-electron chi connectivity index (χ1n) is 11.1. The first kappa shape index (κ1) is 25.3. The van der Waals surface area contributed by atoms with Crippen LogP contribution in [0.3, 0.4) is 0 Å². The number of hydrogen-bond donors (Lipinski definition) is 2. The van der Waals surface area contributed by atoms with Gasteiger partial charge in [-0.2, -0.15) is 0 Å². The van der Waals surface area contributed by atoms with Gasteiger partial charge in [0.25, 0.3) is 5.91 Å². The number of rotatable bonds is 10. The molecular weight excluding hydrogens is 448 g/mol. The van der Waals surface area contributed by atoms with Crippen LogP contribution in [-0.4, -0.2) is 31.5 Å². The number of nitrogens with one attached hydrogen (secondary N) is 2. The molecule has 0 radical (unpaired) electrons. The third kappa shape index (κ3) is 8.51. The molecule has 0 aliphatic rings. The third-order valence-corrected chi connectivity index (χ3v) is 4.86. The smallest absolute Gasteiger partial charge is 0.306 e. The van der Waals surface area contributed by atoms with Crippen molar-refractivity contribution in [2.45, 2.75) is 26.7 Å². The third-order valence-electron chi connectivity index (χ3n) is 4.86. The summed E-state index contributed by atoms with van der Waals surface area (Å²) in [6.45, 7) is 3.58. The molecule has 0 spiro atoms. The van der Waals surface area contributed by atoms with Crippen molar-refractivity contribution in [3.05, 3.63) is 77.9 Å². The van der Waals surface area contributed by atoms with Crippen LogP contribution in [0.4, 0.5) is 11.4 Å². The summed E-state index contributed by atoms with van der Waals surface area (Å²) in [5.74, 6) is 0.597. The summed E-state index contributed by atoms with van der Waals surface area (Å²) >= 11 is 0. The van der Waals surface area contributed by atoms with Crippen molar-refractivity contribution in [3.63, 3.8) is 0 Å². The first-order valence-corrected chi connectivity index (χ1v) is 11.1. The second-order valence-corrected chi connectivity index (χ2v) is 7.94. The Bertz CT molecular complexity index is 1150. The van der Waals surface area contributed by atoms with E-state index in [0.29, 0.717) is 22.9 Å². The Labute approximate surface area is 204 Å². The van der Waals surface area contributed by atoms with Crippen molar-refractivity contribution < 1.29 is 28.6 Å². The van der Waals surface area contributed by atoms with E-state index in [0.717, 1.165) is 16.9 Å². The summed E-state index contributed by atoms with van der Waals surface area (Å²) in [5.41, 5.74) is 3.35. The number of esters is 1. The van der Waals surface area contributed by atoms with E-state index in [4.69, 9.17) is 14.2 Å². The van der Waals surface area contributed by atoms with Crippen molar-refractivity contribution in [2.75, 3.05) is 24.4 Å². The van der Waals surface area contributed by atoms with Crippen LogP contribution in [0.1, 0.15) is 24.0 Å². The highest BCUT2D eigenvalue weighted by molar-refractivity contribution is 5.94. The van der Waals surface area contributed by atoms with Gasteiger partial charge in [0.05, 0.1) is 13.5 Å². The molecule has 0 atom stereocenters. The average molecular weight is 477 g/mol. The number of aryl methyl sites for hydroxylation is 2. The number of amides is 2. The van der Waals surface area contributed by atoms with Crippen LogP contribution < -0.4 is 20.1 Å². The molecule has 0 aromatic heterocycles. The molecule has 0 saturated carbocycles. The van der Waals surface area contributed by atoms with E-state index in [1.807, 2.05) is 26.0 Å². The fourth-order valence-corrected chi connectivity index (χ4v) is 3.26. The lowest BCUT2D eigenvalue weighted by atomic mass is 10.1. The summed E-state index contributed by atoms with van der Waals surface area (Å²) < 4.78 is 15.8. The number of benzene rings is 3. The lowest BCUT2D eigenvalue weighted by Crippen LogP contribution is -2.21. The van der Waals surface area contributed by atoms with Crippen LogP contribution in [-0.2, 0) is 19.1 Å². The normalized spacial score (nSPS) is 10.3. The van der Waals surface area contributed by atoms with Gasteiger partial charge < -0.3 is 24.8 Å². The number of carbonyl (C=O) groups excluding carboxylic acids is 3. The molecule has 0 saturated heterocycles. The van der Waals surface area contributed by atoms with Gasteiger partial charge >= 0.3 is 5.97 Å². The van der Waals surface area contributed by atoms with Gasteiger partial charge in [-0.1, -0.05) is 6.07 Å². The first-order chi connectivity index (χ1) is 16.8. The van der Waals surface area contributed by atoms with Gasteiger partial charge in [0.15, 0.2) is 6.61 Å². The van der Waals surface area contributed by atoms with Gasteiger partial charge in [0.1, 0.15) is 17.2 Å². The molecule has 0 aliphatic carbocycles. The molecule has 8 heteroatoms. The summed E-state index contributed by atoms with van der Waals surface area (Å²) in [5, 5.41) is 5.33. The Balaban J connectivity index is 1.37. The van der Waals surface area contributed by atoms with Gasteiger partial charge in [0.2, 0.25) is 5.91 Å². The van der Waals surface area contributed by atoms with Gasteiger partial charge in [-0.05, 0) is 85.6 Å². The molecule has 8 nitrogen and oxygen atoms in total. The zero-order valence-corrected chi connectivity index (χ0v) is 19.9. The minimum atomic E-state index is -0.637. The summed E-state index contributed by atoms with van der Waals surface area (Å²) in [6.07, 6.45) is -0.213. The van der Waals surface area contributed by atoms with Gasteiger partial charge in [-0.3, -0.25) is 14.4 Å². The molecule has 3 rings (SSSR count). The molecule has 0 fully saturated rings. The Morgan fingerprint density at radius 3 is 1.80 bits per heavy atom. The van der Waals surface area contributed by atoms with Crippen LogP contribution >= 0.6 is 0 Å². The highest BCUT2D eigenvalue weighted by Gasteiger charge is 2.11. The maximum absolute atomic E-state index is 12.2. The van der Waals surface area contributed by atoms with Crippen molar-refractivity contribution >= 4 is 29.2 Å². The highest BCUT2D eigenvalue weighted by atomic mass is 16.5. The van der Waals surface area contributed by atoms with Gasteiger partial charge in [-0.15, -0.1) is 0 Å². The summed E-state index contributed by atoms with van der Waals surface area (Å²) in [4.78, 5) is 36.0. The van der Waals surface area contributed by atoms with Crippen LogP contribution in [0.15, 0.2) is 66.7 Å². The van der Waals surface area contributed by atoms with Crippen molar-refractivity contribution in [2.24, 2.45) is 0 Å². The number of ether oxygens (including phenoxy) is 3. The molecular formula is C27H28N2O6. The summed E-state index contributed by atoms with van der Waals surface area (Å²) in [7, 11) is 1.55. The molecule has 0 heterocycles. The number of carbonyl (C=O) groups is 3. The Kier molecular flexibility index (Phi) is 8.83. The molecule has 2 amide bonds. The monoisotopic (exact) mass is 476 g/mol. The molecule has 3 aromatic rings. The lowest BCUT2D eigenvalue weighted by molar-refractivity contribution is -0.147. The number of hydrogen-bond acceptors (Lipinski definition) is 6. The predicted octanol–water partition coefficient (Wildman–Crippen LogP) is 5.00. The largest absolute Gasteiger partial charge is 0.497 e. The standard InChI is InChI=1S/C27H28N2O6/c1-18-14-19(2)16-24(15-18)35-23-10-6-20(7-11-23)28-25(30)12-13-27(32)34-17-26(31)29-21-4-8-22(33-3)9-5-21/h4-11,14-16H,12-13,17H2,1-3H3,(H,28,30)(H,29,31). The quantitative estimate of drug-likeness (QED) is 0.399. The fourth-order valence-electron chi connectivity index (χ4n) is 3.26. The molecule has 0 unspecified atom stereocenters. The van der Waals surface area contributed by atoms with E-state index in [-0.39, 0.29) is 18.7 Å². The van der Waals surface area contributed by atoms with Gasteiger partial charge in [-0.25, -0.2) is 0 Å². The van der Waals surface area contributed by atoms with Crippen molar-refractivity contribution in [1.82, 2.24) is 0 Å². The van der Waals surface area contributed by atoms with E-state index in [2.05, 4.69) is 16.7 Å². The number of anilines is 2. The Morgan fingerprint density at radius 1 is 0.686 bits per heavy atom. The lowest BCUT2D eigenvalue weighted by Gasteiger charge is -2.10. The molecule has 182 valence electrons. The van der Waals surface area contributed by atoms with E-state index in [9.17, 15) is 14.4 Å². The van der Waals surface area contributed by atoms with Crippen LogP contribution in [0, 0.1) is 13.8 Å². The van der Waals surface area contributed by atoms with Crippen LogP contribution in [0.2, 0.25) is 0 Å². The second-order valence-electron chi connectivity index (χ2n) is 7.94. The molecule has 2 N–H and O–H groups in total. The molecule has 35 heavy (non-hydrogen) atoms. The fraction of sp³-hybridized carbons (Fsp3) is 0.222. The minimum Gasteiger partial charge on any atom is -0.497 e. The highest BCUT2D eigenvalue weighted by Crippen LogP contribution is 2.25. The van der Waals surface area contributed by atoms with E-state index >= 15 is 0 Å². The summed E-state index contributed by atoms with van der Waals surface area (Å²) in [6, 6.07) is 19.7. The average Bonchev–Trinajstić information content (AvgIpc) is 2.82. The van der Waals surface area contributed by atoms with Gasteiger partial charge in [0, 0.05) is 17.8 Å². The van der Waals surface area contributed by atoms with E-state index < -0.39 is 18.5 Å². The van der Waals surface area contributed by atoms with E-state index in [1.54, 1.807) is 55.6 Å². The second kappa shape index (κ2) is 12.2. The maximum atomic E-state index is 12.2. The Hall–Kier alpha value is -4.33. The van der Waals surface area contributed by atoms with Crippen LogP contribution in [0.25, 0.3) is 0 Å². The van der Waals surface area contributed by atoms with E-state index in [1.165, 1.54) is 0 Å². The SMILES string of the molecule is COc1ccc(NC(=O)COC(=O)CCC(=O)Nc2ccc(Oc3cc(C)cc(C)c3)cc2)cc1. The maximum Gasteiger partial charge on any atom is 0.306 e. The zero-order valence-electron chi connectivity index (χ0n) is 19.9. The van der Waals surface area contributed by atoms with Crippen LogP contribution in [0.5, 0.6) is 17.2 Å². The predicted molar refractivity (Wildman–Crippen MR) is 133 cm³/mol.